The van der Waals surface area contributed by atoms with Crippen LogP contribution < -0.4 is 0 Å². The lowest BCUT2D eigenvalue weighted by atomic mass is 9.89. The van der Waals surface area contributed by atoms with E-state index in [2.05, 4.69) is 9.47 Å². The Morgan fingerprint density at radius 2 is 1.79 bits per heavy atom. The number of amides is 1. The number of carbonyl (C=O) groups excluding carboxylic acids is 3. The molecule has 0 radical (unpaired) electrons. The lowest BCUT2D eigenvalue weighted by Crippen LogP contribution is -2.55. The number of rotatable bonds is 5. The summed E-state index contributed by atoms with van der Waals surface area (Å²) in [7, 11) is -1.35. The topological polar surface area (TPSA) is 107 Å². The molecule has 0 bridgehead atoms. The highest BCUT2D eigenvalue weighted by Crippen LogP contribution is 2.28. The molecule has 19 heavy (non-hydrogen) atoms. The van der Waals surface area contributed by atoms with Gasteiger partial charge in [0, 0.05) is 6.54 Å². The quantitative estimate of drug-likeness (QED) is 0.354. The van der Waals surface area contributed by atoms with Gasteiger partial charge in [-0.3, -0.25) is 14.4 Å². The van der Waals surface area contributed by atoms with E-state index in [4.69, 9.17) is 0 Å². The lowest BCUT2D eigenvalue weighted by molar-refractivity contribution is -0.160. The number of hydrogen-bond acceptors (Lipinski definition) is 7. The van der Waals surface area contributed by atoms with E-state index in [0.29, 0.717) is 4.31 Å². The molecule has 0 aliphatic carbocycles. The average Bonchev–Trinajstić information content (AvgIpc) is 2.34. The molecule has 108 valence electrons. The molecule has 0 spiro atoms. The maximum Gasteiger partial charge on any atom is 0.320 e. The van der Waals surface area contributed by atoms with Crippen molar-refractivity contribution < 1.29 is 32.3 Å². The zero-order chi connectivity index (χ0) is 14.8. The van der Waals surface area contributed by atoms with E-state index in [1.165, 1.54) is 0 Å². The van der Waals surface area contributed by atoms with Gasteiger partial charge in [-0.05, 0) is 6.42 Å². The van der Waals surface area contributed by atoms with Crippen LogP contribution in [0.3, 0.4) is 0 Å². The van der Waals surface area contributed by atoms with E-state index in [1.807, 2.05) is 0 Å². The number of methoxy groups -OCH3 is 2. The molecule has 8 nitrogen and oxygen atoms in total. The molecule has 0 saturated carbocycles. The molecule has 1 heterocycles. The Morgan fingerprint density at radius 1 is 1.32 bits per heavy atom. The Morgan fingerprint density at radius 3 is 2.11 bits per heavy atom. The molecule has 9 heteroatoms. The molecular formula is C10H15NO7S. The fourth-order valence-electron chi connectivity index (χ4n) is 1.79. The van der Waals surface area contributed by atoms with Gasteiger partial charge in [0.2, 0.25) is 15.9 Å². The van der Waals surface area contributed by atoms with E-state index in [-0.39, 0.29) is 13.0 Å². The average molecular weight is 293 g/mol. The summed E-state index contributed by atoms with van der Waals surface area (Å²) < 4.78 is 31.9. The van der Waals surface area contributed by atoms with Gasteiger partial charge in [0.15, 0.2) is 5.92 Å². The molecule has 1 atom stereocenters. The monoisotopic (exact) mass is 293 g/mol. The molecule has 1 fully saturated rings. The van der Waals surface area contributed by atoms with Gasteiger partial charge in [-0.25, -0.2) is 12.7 Å². The lowest BCUT2D eigenvalue weighted by Gasteiger charge is -2.37. The summed E-state index contributed by atoms with van der Waals surface area (Å²) in [6.45, 7) is -0.0395. The number of carbonyl (C=O) groups is 3. The summed E-state index contributed by atoms with van der Waals surface area (Å²) in [6, 6.07) is 0. The molecular weight excluding hydrogens is 278 g/mol. The van der Waals surface area contributed by atoms with Crippen molar-refractivity contribution in [2.75, 3.05) is 27.0 Å². The first-order chi connectivity index (χ1) is 8.72. The maximum absolute atomic E-state index is 11.6. The van der Waals surface area contributed by atoms with Crippen molar-refractivity contribution in [1.29, 1.82) is 0 Å². The first-order valence-electron chi connectivity index (χ1n) is 5.39. The Bertz CT molecular complexity index is 482. The molecule has 0 N–H and O–H groups in total. The zero-order valence-electron chi connectivity index (χ0n) is 10.8. The first kappa shape index (κ1) is 15.4. The van der Waals surface area contributed by atoms with E-state index in [9.17, 15) is 22.8 Å². The standard InChI is InChI=1S/C10H15NO7S/c1-17-9(13)7(10(14)18-2)4-6-5-11(8(6)12)19(3,15)16/h6-7H,4-5H2,1-3H3. The molecule has 1 amide bonds. The third kappa shape index (κ3) is 3.22. The first-order valence-corrected chi connectivity index (χ1v) is 7.24. The van der Waals surface area contributed by atoms with Crippen LogP contribution in [-0.2, 0) is 33.9 Å². The fourth-order valence-corrected chi connectivity index (χ4v) is 2.72. The van der Waals surface area contributed by atoms with E-state index < -0.39 is 39.7 Å². The molecule has 1 aliphatic heterocycles. The maximum atomic E-state index is 11.6. The largest absolute Gasteiger partial charge is 0.468 e. The van der Waals surface area contributed by atoms with Gasteiger partial charge in [-0.1, -0.05) is 0 Å². The van der Waals surface area contributed by atoms with Gasteiger partial charge in [0.05, 0.1) is 26.4 Å². The normalized spacial score (nSPS) is 19.1. The van der Waals surface area contributed by atoms with Crippen LogP contribution in [0.4, 0.5) is 0 Å². The van der Waals surface area contributed by atoms with Gasteiger partial charge in [-0.2, -0.15) is 0 Å². The highest BCUT2D eigenvalue weighted by atomic mass is 32.2. The summed E-state index contributed by atoms with van der Waals surface area (Å²) in [6.07, 6.45) is 0.795. The highest BCUT2D eigenvalue weighted by molar-refractivity contribution is 7.89. The van der Waals surface area contributed by atoms with Gasteiger partial charge < -0.3 is 9.47 Å². The number of esters is 2. The second-order valence-electron chi connectivity index (χ2n) is 4.16. The molecule has 1 saturated heterocycles. The van der Waals surface area contributed by atoms with E-state index in [1.54, 1.807) is 0 Å². The van der Waals surface area contributed by atoms with E-state index >= 15 is 0 Å². The van der Waals surface area contributed by atoms with Gasteiger partial charge in [0.25, 0.3) is 0 Å². The van der Waals surface area contributed by atoms with Crippen molar-refractivity contribution in [2.45, 2.75) is 6.42 Å². The summed E-state index contributed by atoms with van der Waals surface area (Å²) in [5.41, 5.74) is 0. The molecule has 1 aliphatic rings. The third-order valence-electron chi connectivity index (χ3n) is 2.87. The molecule has 1 unspecified atom stereocenters. The van der Waals surface area contributed by atoms with Crippen molar-refractivity contribution in [3.05, 3.63) is 0 Å². The summed E-state index contributed by atoms with van der Waals surface area (Å²) in [5, 5.41) is 0. The second-order valence-corrected chi connectivity index (χ2v) is 6.07. The smallest absolute Gasteiger partial charge is 0.320 e. The minimum Gasteiger partial charge on any atom is -0.468 e. The number of sulfonamides is 1. The number of β-lactam (4-membered cyclic amide) rings is 1. The van der Waals surface area contributed by atoms with Crippen LogP contribution >= 0.6 is 0 Å². The van der Waals surface area contributed by atoms with Crippen LogP contribution in [0.25, 0.3) is 0 Å². The van der Waals surface area contributed by atoms with Gasteiger partial charge in [0.1, 0.15) is 0 Å². The molecule has 1 rings (SSSR count). The molecule has 0 aromatic carbocycles. The predicted octanol–water partition coefficient (Wildman–Crippen LogP) is -1.24. The van der Waals surface area contributed by atoms with Crippen LogP contribution in [0.15, 0.2) is 0 Å². The van der Waals surface area contributed by atoms with Gasteiger partial charge in [-0.15, -0.1) is 0 Å². The summed E-state index contributed by atoms with van der Waals surface area (Å²) >= 11 is 0. The highest BCUT2D eigenvalue weighted by Gasteiger charge is 2.45. The van der Waals surface area contributed by atoms with Crippen LogP contribution in [-0.4, -0.2) is 57.6 Å². The van der Waals surface area contributed by atoms with Crippen LogP contribution in [0.1, 0.15) is 6.42 Å². The Hall–Kier alpha value is -1.64. The second kappa shape index (κ2) is 5.55. The number of ether oxygens (including phenoxy) is 2. The van der Waals surface area contributed by atoms with Crippen molar-refractivity contribution in [3.63, 3.8) is 0 Å². The minimum absolute atomic E-state index is 0.0395. The third-order valence-corrected chi connectivity index (χ3v) is 4.00. The SMILES string of the molecule is COC(=O)C(CC1CN(S(C)(=O)=O)C1=O)C(=O)OC. The van der Waals surface area contributed by atoms with Crippen LogP contribution in [0, 0.1) is 11.8 Å². The molecule has 0 aromatic heterocycles. The Kier molecular flexibility index (Phi) is 4.51. The van der Waals surface area contributed by atoms with Crippen LogP contribution in [0.2, 0.25) is 0 Å². The van der Waals surface area contributed by atoms with Crippen LogP contribution in [0.5, 0.6) is 0 Å². The van der Waals surface area contributed by atoms with Crippen molar-refractivity contribution >= 4 is 27.9 Å². The van der Waals surface area contributed by atoms with Gasteiger partial charge >= 0.3 is 11.9 Å². The number of hydrogen-bond donors (Lipinski definition) is 0. The molecule has 0 aromatic rings. The minimum atomic E-state index is -3.58. The Labute approximate surface area is 110 Å². The van der Waals surface area contributed by atoms with Crippen molar-refractivity contribution in [3.8, 4) is 0 Å². The zero-order valence-corrected chi connectivity index (χ0v) is 11.6. The fraction of sp³-hybridized carbons (Fsp3) is 0.700. The van der Waals surface area contributed by atoms with Crippen molar-refractivity contribution in [2.24, 2.45) is 11.8 Å². The van der Waals surface area contributed by atoms with E-state index in [0.717, 1.165) is 20.5 Å². The predicted molar refractivity (Wildman–Crippen MR) is 62.2 cm³/mol. The summed E-state index contributed by atoms with van der Waals surface area (Å²) in [5.74, 6) is -4.15. The Balaban J connectivity index is 2.72. The van der Waals surface area contributed by atoms with Crippen molar-refractivity contribution in [1.82, 2.24) is 4.31 Å². The number of nitrogens with zero attached hydrogens (tertiary/aromatic N) is 1. The summed E-state index contributed by atoms with van der Waals surface area (Å²) in [4.78, 5) is 34.4.